The zero-order valence-corrected chi connectivity index (χ0v) is 22.3. The number of carboxylic acid groups (broad SMARTS) is 1. The lowest BCUT2D eigenvalue weighted by molar-refractivity contribution is -0.146. The van der Waals surface area contributed by atoms with E-state index in [1.165, 1.54) is 12.1 Å². The molecule has 194 valence electrons. The first-order valence-electron chi connectivity index (χ1n) is 11.9. The number of fused-ring (bicyclic) bond motifs is 1. The Hall–Kier alpha value is -3.00. The van der Waals surface area contributed by atoms with Crippen molar-refractivity contribution in [1.82, 2.24) is 5.32 Å². The van der Waals surface area contributed by atoms with Crippen LogP contribution in [0.1, 0.15) is 49.4 Å². The second kappa shape index (κ2) is 11.2. The lowest BCUT2D eigenvalue weighted by Gasteiger charge is -2.37. The number of benzene rings is 3. The Morgan fingerprint density at radius 1 is 0.892 bits per heavy atom. The Balaban J connectivity index is 1.66. The molecule has 0 aromatic heterocycles. The van der Waals surface area contributed by atoms with Gasteiger partial charge in [0.05, 0.1) is 27.0 Å². The van der Waals surface area contributed by atoms with Crippen molar-refractivity contribution in [3.63, 3.8) is 0 Å². The van der Waals surface area contributed by atoms with Gasteiger partial charge in [0.1, 0.15) is 5.54 Å². The summed E-state index contributed by atoms with van der Waals surface area (Å²) >= 11 is 18.3. The molecule has 4 rings (SSSR count). The van der Waals surface area contributed by atoms with Crippen LogP contribution in [0.2, 0.25) is 15.1 Å². The average Bonchev–Trinajstić information content (AvgIpc) is 2.86. The van der Waals surface area contributed by atoms with Crippen LogP contribution in [0.4, 0.5) is 16.2 Å². The monoisotopic (exact) mass is 561 g/mol. The second-order valence-corrected chi connectivity index (χ2v) is 10.6. The number of aliphatic carboxylic acids is 1. The fraction of sp³-hybridized carbons (Fsp3) is 0.296. The molecule has 10 heteroatoms. The Morgan fingerprint density at radius 2 is 1.49 bits per heavy atom. The number of halogens is 3. The van der Waals surface area contributed by atoms with E-state index in [2.05, 4.69) is 16.0 Å². The third-order valence-corrected chi connectivity index (χ3v) is 7.68. The summed E-state index contributed by atoms with van der Waals surface area (Å²) in [6.07, 6.45) is 4.33. The number of urea groups is 1. The summed E-state index contributed by atoms with van der Waals surface area (Å²) in [6, 6.07) is 12.8. The van der Waals surface area contributed by atoms with Gasteiger partial charge in [0, 0.05) is 5.02 Å². The molecule has 0 spiro atoms. The molecule has 1 aliphatic rings. The Morgan fingerprint density at radius 3 is 2.08 bits per heavy atom. The molecule has 3 amide bonds. The van der Waals surface area contributed by atoms with Crippen LogP contribution in [0.5, 0.6) is 0 Å². The van der Waals surface area contributed by atoms with Gasteiger partial charge in [-0.05, 0) is 60.7 Å². The maximum Gasteiger partial charge on any atom is 0.329 e. The van der Waals surface area contributed by atoms with Crippen LogP contribution in [-0.4, -0.2) is 28.6 Å². The molecular weight excluding hydrogens is 537 g/mol. The van der Waals surface area contributed by atoms with Crippen molar-refractivity contribution in [3.05, 3.63) is 69.2 Å². The molecule has 7 nitrogen and oxygen atoms in total. The molecule has 1 saturated carbocycles. The molecule has 3 aromatic carbocycles. The fourth-order valence-corrected chi connectivity index (χ4v) is 5.69. The first kappa shape index (κ1) is 27.0. The number of carbonyl (C=O) groups excluding carboxylic acids is 2. The van der Waals surface area contributed by atoms with Gasteiger partial charge in [-0.15, -0.1) is 0 Å². The summed E-state index contributed by atoms with van der Waals surface area (Å²) in [5.74, 6) is -1.89. The molecule has 1 fully saturated rings. The molecule has 0 saturated heterocycles. The zero-order chi connectivity index (χ0) is 26.7. The van der Waals surface area contributed by atoms with Crippen LogP contribution in [0.3, 0.4) is 0 Å². The highest BCUT2D eigenvalue weighted by molar-refractivity contribution is 6.42. The summed E-state index contributed by atoms with van der Waals surface area (Å²) in [5, 5.41) is 20.3. The number of hydrogen-bond donors (Lipinski definition) is 4. The topological polar surface area (TPSA) is 108 Å². The molecular formula is C27H26Cl3N3O4. The van der Waals surface area contributed by atoms with Gasteiger partial charge in [0.25, 0.3) is 5.91 Å². The summed E-state index contributed by atoms with van der Waals surface area (Å²) in [7, 11) is 0. The van der Waals surface area contributed by atoms with Gasteiger partial charge in [0.15, 0.2) is 0 Å². The lowest BCUT2D eigenvalue weighted by atomic mass is 9.75. The van der Waals surface area contributed by atoms with Crippen molar-refractivity contribution < 1.29 is 19.5 Å². The molecule has 3 aromatic rings. The summed E-state index contributed by atoms with van der Waals surface area (Å²) in [5.41, 5.74) is -0.961. The van der Waals surface area contributed by atoms with Crippen LogP contribution in [-0.2, 0) is 4.79 Å². The number of carbonyl (C=O) groups is 3. The molecule has 0 bridgehead atoms. The number of carboxylic acids is 1. The van der Waals surface area contributed by atoms with E-state index < -0.39 is 23.4 Å². The van der Waals surface area contributed by atoms with Crippen LogP contribution in [0, 0.1) is 5.92 Å². The van der Waals surface area contributed by atoms with E-state index in [1.807, 2.05) is 24.3 Å². The van der Waals surface area contributed by atoms with Crippen molar-refractivity contribution in [2.45, 2.75) is 44.6 Å². The van der Waals surface area contributed by atoms with Gasteiger partial charge < -0.3 is 21.1 Å². The maximum absolute atomic E-state index is 13.6. The van der Waals surface area contributed by atoms with Crippen molar-refractivity contribution >= 4 is 74.9 Å². The molecule has 1 aliphatic carbocycles. The molecule has 0 radical (unpaired) electrons. The molecule has 37 heavy (non-hydrogen) atoms. The highest BCUT2D eigenvalue weighted by atomic mass is 35.5. The van der Waals surface area contributed by atoms with E-state index in [1.54, 1.807) is 19.1 Å². The van der Waals surface area contributed by atoms with Gasteiger partial charge in [0.2, 0.25) is 0 Å². The highest BCUT2D eigenvalue weighted by Crippen LogP contribution is 2.35. The van der Waals surface area contributed by atoms with Gasteiger partial charge >= 0.3 is 12.0 Å². The Kier molecular flexibility index (Phi) is 8.17. The van der Waals surface area contributed by atoms with E-state index in [0.717, 1.165) is 42.9 Å². The molecule has 0 unspecified atom stereocenters. The number of hydrogen-bond acceptors (Lipinski definition) is 3. The van der Waals surface area contributed by atoms with Crippen molar-refractivity contribution in [2.75, 3.05) is 10.6 Å². The number of amides is 3. The van der Waals surface area contributed by atoms with Crippen LogP contribution >= 0.6 is 34.8 Å². The predicted molar refractivity (Wildman–Crippen MR) is 148 cm³/mol. The number of anilines is 2. The standard InChI is InChI=1S/C27H26Cl3N3O4/c1-27(25(35)36,17-9-3-2-4-10-17)33-24(34)19-11-15-7-5-6-8-16(15)12-22(19)31-26(37)32-23-20(29)13-18(28)14-21(23)30/h5-8,11-14,17H,2-4,9-10H2,1H3,(H,33,34)(H,35,36)(H2,31,32,37)/t27-/m0/s1. The highest BCUT2D eigenvalue weighted by Gasteiger charge is 2.43. The Labute approximate surface area is 229 Å². The van der Waals surface area contributed by atoms with Crippen LogP contribution in [0.15, 0.2) is 48.5 Å². The third-order valence-electron chi connectivity index (χ3n) is 6.86. The summed E-state index contributed by atoms with van der Waals surface area (Å²) in [4.78, 5) is 38.8. The molecule has 4 N–H and O–H groups in total. The molecule has 1 atom stereocenters. The normalized spacial score (nSPS) is 15.6. The number of nitrogens with one attached hydrogen (secondary N) is 3. The average molecular weight is 563 g/mol. The molecule has 0 aliphatic heterocycles. The summed E-state index contributed by atoms with van der Waals surface area (Å²) in [6.45, 7) is 1.55. The second-order valence-electron chi connectivity index (χ2n) is 9.37. The third kappa shape index (κ3) is 5.95. The van der Waals surface area contributed by atoms with E-state index in [-0.39, 0.29) is 32.9 Å². The zero-order valence-electron chi connectivity index (χ0n) is 20.0. The van der Waals surface area contributed by atoms with E-state index >= 15 is 0 Å². The van der Waals surface area contributed by atoms with Gasteiger partial charge in [-0.1, -0.05) is 78.3 Å². The summed E-state index contributed by atoms with van der Waals surface area (Å²) < 4.78 is 0. The van der Waals surface area contributed by atoms with Crippen molar-refractivity contribution in [3.8, 4) is 0 Å². The van der Waals surface area contributed by atoms with Crippen molar-refractivity contribution in [1.29, 1.82) is 0 Å². The predicted octanol–water partition coefficient (Wildman–Crippen LogP) is 7.60. The van der Waals surface area contributed by atoms with E-state index in [4.69, 9.17) is 34.8 Å². The van der Waals surface area contributed by atoms with Gasteiger partial charge in [-0.3, -0.25) is 4.79 Å². The SMILES string of the molecule is C[C@@](NC(=O)c1cc2ccccc2cc1NC(=O)Nc1c(Cl)cc(Cl)cc1Cl)(C(=O)O)C1CCCCC1. The minimum atomic E-state index is -1.45. The van der Waals surface area contributed by atoms with Gasteiger partial charge in [-0.25, -0.2) is 9.59 Å². The minimum absolute atomic E-state index is 0.130. The quantitative estimate of drug-likeness (QED) is 0.248. The first-order chi connectivity index (χ1) is 17.6. The van der Waals surface area contributed by atoms with E-state index in [0.29, 0.717) is 5.02 Å². The Bertz CT molecular complexity index is 1350. The van der Waals surface area contributed by atoms with E-state index in [9.17, 15) is 19.5 Å². The van der Waals surface area contributed by atoms with Crippen LogP contribution in [0.25, 0.3) is 10.8 Å². The maximum atomic E-state index is 13.6. The van der Waals surface area contributed by atoms with Gasteiger partial charge in [-0.2, -0.15) is 0 Å². The largest absolute Gasteiger partial charge is 0.480 e. The minimum Gasteiger partial charge on any atom is -0.480 e. The van der Waals surface area contributed by atoms with Crippen molar-refractivity contribution in [2.24, 2.45) is 5.92 Å². The lowest BCUT2D eigenvalue weighted by Crippen LogP contribution is -2.57. The number of rotatable bonds is 6. The molecule has 0 heterocycles. The fourth-order valence-electron chi connectivity index (χ4n) is 4.77. The first-order valence-corrected chi connectivity index (χ1v) is 13.0. The smallest absolute Gasteiger partial charge is 0.329 e. The van der Waals surface area contributed by atoms with Crippen LogP contribution < -0.4 is 16.0 Å².